The van der Waals surface area contributed by atoms with Crippen LogP contribution < -0.4 is 10.3 Å². The van der Waals surface area contributed by atoms with E-state index in [1.54, 1.807) is 12.3 Å². The molecular weight excluding hydrogens is 612 g/mol. The Hall–Kier alpha value is -4.64. The minimum atomic E-state index is -0.502. The molecule has 1 aliphatic rings. The van der Waals surface area contributed by atoms with Crippen LogP contribution in [0.15, 0.2) is 81.2 Å². The summed E-state index contributed by atoms with van der Waals surface area (Å²) in [4.78, 5) is 33.0. The summed E-state index contributed by atoms with van der Waals surface area (Å²) in [5.41, 5.74) is 4.21. The predicted molar refractivity (Wildman–Crippen MR) is 169 cm³/mol. The number of ether oxygens (including phenoxy) is 1. The maximum atomic E-state index is 13.7. The molecule has 0 unspecified atom stereocenters. The quantitative estimate of drug-likeness (QED) is 0.103. The first-order valence-electron chi connectivity index (χ1n) is 14.1. The lowest BCUT2D eigenvalue weighted by molar-refractivity contribution is -0.385. The summed E-state index contributed by atoms with van der Waals surface area (Å²) in [6.45, 7) is 4.03. The third-order valence-electron chi connectivity index (χ3n) is 7.84. The van der Waals surface area contributed by atoms with Gasteiger partial charge in [0.1, 0.15) is 17.8 Å². The highest BCUT2D eigenvalue weighted by molar-refractivity contribution is 9.10. The highest BCUT2D eigenvalue weighted by Gasteiger charge is 2.23. The molecule has 6 rings (SSSR count). The second-order valence-corrected chi connectivity index (χ2v) is 11.6. The van der Waals surface area contributed by atoms with Crippen LogP contribution in [0.3, 0.4) is 0 Å². The van der Waals surface area contributed by atoms with Crippen LogP contribution in [-0.4, -0.2) is 30.3 Å². The van der Waals surface area contributed by atoms with Gasteiger partial charge in [-0.2, -0.15) is 9.78 Å². The molecule has 1 aliphatic carbocycles. The minimum absolute atomic E-state index is 0.0966. The maximum Gasteiger partial charge on any atom is 0.287 e. The molecule has 0 spiro atoms. The number of pyridine rings is 1. The normalized spacial score (nSPS) is 14.0. The molecule has 0 bridgehead atoms. The molecule has 0 radical (unpaired) electrons. The lowest BCUT2D eigenvalue weighted by atomic mass is 9.88. The molecule has 0 amide bonds. The van der Waals surface area contributed by atoms with Crippen molar-refractivity contribution >= 4 is 38.7 Å². The third kappa shape index (κ3) is 5.85. The van der Waals surface area contributed by atoms with Crippen molar-refractivity contribution in [3.63, 3.8) is 0 Å². The highest BCUT2D eigenvalue weighted by atomic mass is 79.9. The summed E-state index contributed by atoms with van der Waals surface area (Å²) >= 11 is 3.48. The lowest BCUT2D eigenvalue weighted by Crippen LogP contribution is -2.25. The standard InChI is InChI=1S/C32H29BrN6O4/c1-20-16-23(21(2)37(20)25-9-12-27(13-10-25)43-30-15-11-26(19-34-30)39(41)42)18-35-38-31(22-6-4-3-5-7-22)36-29-14-8-24(33)17-28(29)32(38)40/h8-19,22H,3-7H2,1-2H3. The Labute approximate surface area is 256 Å². The molecule has 2 aromatic carbocycles. The number of aromatic nitrogens is 4. The number of hydrogen-bond donors (Lipinski definition) is 0. The summed E-state index contributed by atoms with van der Waals surface area (Å²) in [5, 5.41) is 16.1. The molecule has 1 fully saturated rings. The maximum absolute atomic E-state index is 13.7. The van der Waals surface area contributed by atoms with Crippen LogP contribution >= 0.6 is 15.9 Å². The summed E-state index contributed by atoms with van der Waals surface area (Å²) in [6.07, 6.45) is 8.36. The third-order valence-corrected chi connectivity index (χ3v) is 8.33. The molecule has 0 aliphatic heterocycles. The van der Waals surface area contributed by atoms with Gasteiger partial charge in [-0.1, -0.05) is 35.2 Å². The van der Waals surface area contributed by atoms with Crippen LogP contribution in [0, 0.1) is 24.0 Å². The molecule has 3 aromatic heterocycles. The van der Waals surface area contributed by atoms with E-state index in [1.165, 1.54) is 29.4 Å². The number of hydrogen-bond acceptors (Lipinski definition) is 7. The van der Waals surface area contributed by atoms with Gasteiger partial charge in [0.2, 0.25) is 5.88 Å². The van der Waals surface area contributed by atoms with Crippen LogP contribution in [0.25, 0.3) is 16.6 Å². The summed E-state index contributed by atoms with van der Waals surface area (Å²) < 4.78 is 10.2. The van der Waals surface area contributed by atoms with Crippen LogP contribution in [0.2, 0.25) is 0 Å². The second-order valence-electron chi connectivity index (χ2n) is 10.7. The highest BCUT2D eigenvalue weighted by Crippen LogP contribution is 2.32. The molecular formula is C32H29BrN6O4. The van der Waals surface area contributed by atoms with Gasteiger partial charge in [-0.15, -0.1) is 0 Å². The second kappa shape index (κ2) is 11.9. The molecule has 43 heavy (non-hydrogen) atoms. The van der Waals surface area contributed by atoms with Gasteiger partial charge in [-0.3, -0.25) is 14.9 Å². The lowest BCUT2D eigenvalue weighted by Gasteiger charge is -2.22. The fourth-order valence-corrected chi connectivity index (χ4v) is 6.02. The Bertz CT molecular complexity index is 1910. The molecule has 10 nitrogen and oxygen atoms in total. The van der Waals surface area contributed by atoms with Gasteiger partial charge in [0.05, 0.1) is 22.0 Å². The number of rotatable bonds is 7. The van der Waals surface area contributed by atoms with Crippen molar-refractivity contribution in [1.82, 2.24) is 19.2 Å². The van der Waals surface area contributed by atoms with Crippen molar-refractivity contribution < 1.29 is 9.66 Å². The van der Waals surface area contributed by atoms with E-state index >= 15 is 0 Å². The Morgan fingerprint density at radius 2 is 1.81 bits per heavy atom. The number of nitrogens with zero attached hydrogens (tertiary/aromatic N) is 6. The molecule has 1 saturated carbocycles. The summed E-state index contributed by atoms with van der Waals surface area (Å²) in [6, 6.07) is 18.0. The molecule has 3 heterocycles. The first-order valence-corrected chi connectivity index (χ1v) is 14.9. The number of nitro groups is 1. The molecule has 0 N–H and O–H groups in total. The van der Waals surface area contributed by atoms with Crippen LogP contribution in [0.4, 0.5) is 5.69 Å². The number of fused-ring (bicyclic) bond motifs is 1. The number of aryl methyl sites for hydroxylation is 1. The zero-order valence-corrected chi connectivity index (χ0v) is 25.3. The van der Waals surface area contributed by atoms with E-state index < -0.39 is 4.92 Å². The fraction of sp³-hybridized carbons (Fsp3) is 0.250. The Morgan fingerprint density at radius 1 is 1.05 bits per heavy atom. The largest absolute Gasteiger partial charge is 0.439 e. The van der Waals surface area contributed by atoms with Crippen molar-refractivity contribution in [2.24, 2.45) is 5.10 Å². The topological polar surface area (TPSA) is 117 Å². The van der Waals surface area contributed by atoms with E-state index in [9.17, 15) is 14.9 Å². The molecule has 0 saturated heterocycles. The Morgan fingerprint density at radius 3 is 2.51 bits per heavy atom. The van der Waals surface area contributed by atoms with E-state index in [-0.39, 0.29) is 23.0 Å². The van der Waals surface area contributed by atoms with Crippen LogP contribution in [0.5, 0.6) is 11.6 Å². The van der Waals surface area contributed by atoms with E-state index in [0.717, 1.165) is 58.6 Å². The van der Waals surface area contributed by atoms with E-state index in [2.05, 4.69) is 25.5 Å². The van der Waals surface area contributed by atoms with Gasteiger partial charge in [0.25, 0.3) is 11.2 Å². The average molecular weight is 642 g/mol. The van der Waals surface area contributed by atoms with Gasteiger partial charge in [0.15, 0.2) is 0 Å². The number of benzene rings is 2. The van der Waals surface area contributed by atoms with Gasteiger partial charge >= 0.3 is 0 Å². The number of halogens is 1. The Kier molecular flexibility index (Phi) is 7.90. The van der Waals surface area contributed by atoms with Crippen LogP contribution in [0.1, 0.15) is 60.8 Å². The van der Waals surface area contributed by atoms with Crippen molar-refractivity contribution in [3.05, 3.63) is 115 Å². The van der Waals surface area contributed by atoms with Gasteiger partial charge in [-0.25, -0.2) is 9.97 Å². The molecule has 0 atom stereocenters. The monoisotopic (exact) mass is 640 g/mol. The first kappa shape index (κ1) is 28.5. The van der Waals surface area contributed by atoms with E-state index in [0.29, 0.717) is 16.7 Å². The van der Waals surface area contributed by atoms with E-state index in [4.69, 9.17) is 14.8 Å². The smallest absolute Gasteiger partial charge is 0.287 e. The molecule has 11 heteroatoms. The average Bonchev–Trinajstić information content (AvgIpc) is 3.30. The minimum Gasteiger partial charge on any atom is -0.439 e. The van der Waals surface area contributed by atoms with E-state index in [1.807, 2.05) is 56.3 Å². The van der Waals surface area contributed by atoms with Crippen LogP contribution in [-0.2, 0) is 0 Å². The SMILES string of the molecule is Cc1cc(C=Nn2c(C3CCCCC3)nc3ccc(Br)cc3c2=O)c(C)n1-c1ccc(Oc2ccc([N+](=O)[O-])cn2)cc1. The summed E-state index contributed by atoms with van der Waals surface area (Å²) in [5.74, 6) is 1.74. The molecule has 5 aromatic rings. The Balaban J connectivity index is 1.30. The van der Waals surface area contributed by atoms with Gasteiger partial charge < -0.3 is 9.30 Å². The zero-order chi connectivity index (χ0) is 30.1. The van der Waals surface area contributed by atoms with Crippen molar-refractivity contribution in [1.29, 1.82) is 0 Å². The summed E-state index contributed by atoms with van der Waals surface area (Å²) in [7, 11) is 0. The fourth-order valence-electron chi connectivity index (χ4n) is 5.66. The first-order chi connectivity index (χ1) is 20.8. The van der Waals surface area contributed by atoms with Gasteiger partial charge in [0, 0.05) is 45.2 Å². The molecule has 218 valence electrons. The van der Waals surface area contributed by atoms with Gasteiger partial charge in [-0.05, 0) is 75.2 Å². The van der Waals surface area contributed by atoms with Crippen molar-refractivity contribution in [3.8, 4) is 17.3 Å². The van der Waals surface area contributed by atoms with Crippen molar-refractivity contribution in [2.75, 3.05) is 0 Å². The zero-order valence-electron chi connectivity index (χ0n) is 23.7. The predicted octanol–water partition coefficient (Wildman–Crippen LogP) is 7.59. The van der Waals surface area contributed by atoms with Crippen molar-refractivity contribution in [2.45, 2.75) is 51.9 Å².